The Morgan fingerprint density at radius 2 is 1.88 bits per heavy atom. The maximum Gasteiger partial charge on any atom is 0.303 e. The van der Waals surface area contributed by atoms with E-state index in [9.17, 15) is 15.0 Å². The third-order valence-electron chi connectivity index (χ3n) is 4.85. The number of allylic oxidation sites excluding steroid dienone is 3. The molecule has 0 saturated heterocycles. The summed E-state index contributed by atoms with van der Waals surface area (Å²) in [6.45, 7) is 2.21. The fourth-order valence-electron chi connectivity index (χ4n) is 3.42. The van der Waals surface area contributed by atoms with Crippen LogP contribution in [0.3, 0.4) is 0 Å². The van der Waals surface area contributed by atoms with Crippen LogP contribution in [0.4, 0.5) is 0 Å². The van der Waals surface area contributed by atoms with Gasteiger partial charge in [-0.2, -0.15) is 0 Å². The Bertz CT molecular complexity index is 414. The van der Waals surface area contributed by atoms with Crippen LogP contribution in [0.15, 0.2) is 24.0 Å². The fraction of sp³-hybridized carbons (Fsp3) is 0.750. The zero-order valence-electron chi connectivity index (χ0n) is 15.0. The van der Waals surface area contributed by atoms with Gasteiger partial charge < -0.3 is 15.3 Å². The summed E-state index contributed by atoms with van der Waals surface area (Å²) in [5.74, 6) is -0.0554. The summed E-state index contributed by atoms with van der Waals surface area (Å²) in [7, 11) is 0. The Labute approximate surface area is 146 Å². The van der Waals surface area contributed by atoms with Crippen molar-refractivity contribution in [1.82, 2.24) is 0 Å². The molecule has 0 aromatic rings. The molecule has 24 heavy (non-hydrogen) atoms. The van der Waals surface area contributed by atoms with Gasteiger partial charge in [0, 0.05) is 18.8 Å². The van der Waals surface area contributed by atoms with Gasteiger partial charge in [-0.3, -0.25) is 4.79 Å². The predicted molar refractivity (Wildman–Crippen MR) is 96.9 cm³/mol. The van der Waals surface area contributed by atoms with Crippen LogP contribution >= 0.6 is 0 Å². The molecule has 138 valence electrons. The summed E-state index contributed by atoms with van der Waals surface area (Å²) >= 11 is 0. The van der Waals surface area contributed by atoms with Crippen molar-refractivity contribution < 1.29 is 20.1 Å². The molecule has 0 aliphatic heterocycles. The first-order chi connectivity index (χ1) is 11.5. The molecule has 1 fully saturated rings. The van der Waals surface area contributed by atoms with Gasteiger partial charge in [0.05, 0.1) is 11.9 Å². The zero-order chi connectivity index (χ0) is 17.8. The van der Waals surface area contributed by atoms with Crippen molar-refractivity contribution in [3.05, 3.63) is 24.0 Å². The number of carboxylic acids is 1. The van der Waals surface area contributed by atoms with Crippen LogP contribution in [0.1, 0.15) is 77.6 Å². The Kier molecular flexibility index (Phi) is 10.5. The first kappa shape index (κ1) is 20.8. The quantitative estimate of drug-likeness (QED) is 0.266. The molecule has 0 aromatic carbocycles. The molecule has 0 heterocycles. The number of carbonyl (C=O) groups is 1. The standard InChI is InChI=1S/C20H34O4/c1-2-3-4-5-6-7-11-18-16(13-14-19(18)22)15-17(21)10-8-9-12-20(23)24/h7,10-11,16,18-19,21-22H,2-6,8-9,12-15H2,1H3,(H,23,24)/b11-7+,17-10-/t16-,18?,19-/m1/s1. The number of rotatable bonds is 12. The highest BCUT2D eigenvalue weighted by Crippen LogP contribution is 2.37. The van der Waals surface area contributed by atoms with E-state index < -0.39 is 5.97 Å². The van der Waals surface area contributed by atoms with Crippen LogP contribution in [0.5, 0.6) is 0 Å². The van der Waals surface area contributed by atoms with Gasteiger partial charge in [0.2, 0.25) is 0 Å². The minimum Gasteiger partial charge on any atom is -0.513 e. The van der Waals surface area contributed by atoms with Crippen molar-refractivity contribution in [3.63, 3.8) is 0 Å². The second-order valence-electron chi connectivity index (χ2n) is 6.95. The van der Waals surface area contributed by atoms with Crippen molar-refractivity contribution in [1.29, 1.82) is 0 Å². The molecular formula is C20H34O4. The molecule has 0 spiro atoms. The minimum atomic E-state index is -0.800. The summed E-state index contributed by atoms with van der Waals surface area (Å²) in [6, 6.07) is 0. The van der Waals surface area contributed by atoms with Crippen molar-refractivity contribution in [3.8, 4) is 0 Å². The van der Waals surface area contributed by atoms with E-state index in [-0.39, 0.29) is 24.4 Å². The molecule has 4 heteroatoms. The van der Waals surface area contributed by atoms with Crippen molar-refractivity contribution in [2.75, 3.05) is 0 Å². The zero-order valence-corrected chi connectivity index (χ0v) is 15.0. The summed E-state index contributed by atoms with van der Waals surface area (Å²) < 4.78 is 0. The highest BCUT2D eigenvalue weighted by Gasteiger charge is 2.33. The van der Waals surface area contributed by atoms with Crippen molar-refractivity contribution in [2.24, 2.45) is 11.8 Å². The van der Waals surface area contributed by atoms with Crippen LogP contribution in [0, 0.1) is 11.8 Å². The second-order valence-corrected chi connectivity index (χ2v) is 6.95. The van der Waals surface area contributed by atoms with Gasteiger partial charge >= 0.3 is 5.97 Å². The number of carboxylic acid groups (broad SMARTS) is 1. The topological polar surface area (TPSA) is 77.8 Å². The first-order valence-electron chi connectivity index (χ1n) is 9.49. The van der Waals surface area contributed by atoms with Crippen LogP contribution in [0.2, 0.25) is 0 Å². The van der Waals surface area contributed by atoms with E-state index >= 15 is 0 Å². The van der Waals surface area contributed by atoms with Gasteiger partial charge in [0.25, 0.3) is 0 Å². The lowest BCUT2D eigenvalue weighted by Crippen LogP contribution is -2.17. The van der Waals surface area contributed by atoms with Gasteiger partial charge in [-0.1, -0.05) is 38.3 Å². The maximum atomic E-state index is 10.5. The third kappa shape index (κ3) is 8.53. The van der Waals surface area contributed by atoms with E-state index in [4.69, 9.17) is 5.11 Å². The van der Waals surface area contributed by atoms with Crippen LogP contribution in [-0.4, -0.2) is 27.4 Å². The summed E-state index contributed by atoms with van der Waals surface area (Å²) in [4.78, 5) is 10.5. The Morgan fingerprint density at radius 3 is 2.58 bits per heavy atom. The average Bonchev–Trinajstić information content (AvgIpc) is 2.87. The normalized spacial score (nSPS) is 24.8. The van der Waals surface area contributed by atoms with Gasteiger partial charge in [0.15, 0.2) is 0 Å². The number of aliphatic hydroxyl groups excluding tert-OH is 2. The molecule has 1 aliphatic rings. The van der Waals surface area contributed by atoms with E-state index in [2.05, 4.69) is 19.1 Å². The van der Waals surface area contributed by atoms with Gasteiger partial charge in [0.1, 0.15) is 0 Å². The molecule has 0 bridgehead atoms. The van der Waals surface area contributed by atoms with E-state index in [1.165, 1.54) is 25.7 Å². The first-order valence-corrected chi connectivity index (χ1v) is 9.49. The molecule has 3 N–H and O–H groups in total. The van der Waals surface area contributed by atoms with Gasteiger partial charge in [-0.05, 0) is 50.5 Å². The number of hydrogen-bond donors (Lipinski definition) is 3. The Morgan fingerprint density at radius 1 is 1.08 bits per heavy atom. The highest BCUT2D eigenvalue weighted by molar-refractivity contribution is 5.66. The van der Waals surface area contributed by atoms with E-state index in [0.29, 0.717) is 25.0 Å². The highest BCUT2D eigenvalue weighted by atomic mass is 16.4. The molecule has 0 radical (unpaired) electrons. The number of aliphatic carboxylic acids is 1. The fourth-order valence-corrected chi connectivity index (χ4v) is 3.42. The van der Waals surface area contributed by atoms with Crippen molar-refractivity contribution >= 4 is 5.97 Å². The lowest BCUT2D eigenvalue weighted by molar-refractivity contribution is -0.137. The Hall–Kier alpha value is -1.29. The lowest BCUT2D eigenvalue weighted by atomic mass is 9.90. The largest absolute Gasteiger partial charge is 0.513 e. The number of hydrogen-bond acceptors (Lipinski definition) is 3. The molecule has 1 rings (SSSR count). The molecule has 3 atom stereocenters. The molecule has 1 saturated carbocycles. The average molecular weight is 338 g/mol. The number of unbranched alkanes of at least 4 members (excludes halogenated alkanes) is 5. The molecule has 1 unspecified atom stereocenters. The monoisotopic (exact) mass is 338 g/mol. The summed E-state index contributed by atoms with van der Waals surface area (Å²) in [6.07, 6.45) is 15.4. The second kappa shape index (κ2) is 12.1. The molecule has 0 amide bonds. The smallest absolute Gasteiger partial charge is 0.303 e. The van der Waals surface area contributed by atoms with Crippen LogP contribution in [0.25, 0.3) is 0 Å². The predicted octanol–water partition coefficient (Wildman–Crippen LogP) is 4.99. The maximum absolute atomic E-state index is 10.5. The molecule has 1 aliphatic carbocycles. The summed E-state index contributed by atoms with van der Waals surface area (Å²) in [5, 5.41) is 28.8. The Balaban J connectivity index is 2.37. The minimum absolute atomic E-state index is 0.130. The SMILES string of the molecule is CCCCCC/C=C/C1[C@@H](C/C(O)=C/CCCC(=O)O)CC[C@H]1O. The van der Waals surface area contributed by atoms with Crippen LogP contribution in [-0.2, 0) is 4.79 Å². The van der Waals surface area contributed by atoms with Crippen molar-refractivity contribution in [2.45, 2.75) is 83.7 Å². The lowest BCUT2D eigenvalue weighted by Gasteiger charge is -2.18. The third-order valence-corrected chi connectivity index (χ3v) is 4.85. The summed E-state index contributed by atoms with van der Waals surface area (Å²) in [5.41, 5.74) is 0. The van der Waals surface area contributed by atoms with Gasteiger partial charge in [-0.25, -0.2) is 0 Å². The van der Waals surface area contributed by atoms with E-state index in [1.807, 2.05) is 0 Å². The van der Waals surface area contributed by atoms with Gasteiger partial charge in [-0.15, -0.1) is 0 Å². The van der Waals surface area contributed by atoms with E-state index in [0.717, 1.165) is 19.3 Å². The van der Waals surface area contributed by atoms with E-state index in [1.54, 1.807) is 6.08 Å². The molecular weight excluding hydrogens is 304 g/mol. The number of aliphatic hydroxyl groups is 2. The van der Waals surface area contributed by atoms with Crippen LogP contribution < -0.4 is 0 Å². The molecule has 4 nitrogen and oxygen atoms in total. The molecule has 0 aromatic heterocycles.